The summed E-state index contributed by atoms with van der Waals surface area (Å²) < 4.78 is 1.00. The van der Waals surface area contributed by atoms with Gasteiger partial charge in [0.05, 0.1) is 6.42 Å². The Hall–Kier alpha value is -1.81. The lowest BCUT2D eigenvalue weighted by atomic mass is 10.1. The van der Waals surface area contributed by atoms with Gasteiger partial charge in [0, 0.05) is 29.8 Å². The minimum absolute atomic E-state index is 0.0493. The first-order valence-corrected chi connectivity index (χ1v) is 9.35. The SMILES string of the molecule is O=C(Cc1cccc(Br)c1)NCc1ccc(N2CCCCC2)cc1. The van der Waals surface area contributed by atoms with Crippen molar-refractivity contribution in [3.8, 4) is 0 Å². The van der Waals surface area contributed by atoms with E-state index in [1.165, 1.54) is 24.9 Å². The number of piperidine rings is 1. The fourth-order valence-electron chi connectivity index (χ4n) is 3.07. The van der Waals surface area contributed by atoms with Crippen LogP contribution in [-0.4, -0.2) is 19.0 Å². The van der Waals surface area contributed by atoms with Crippen molar-refractivity contribution < 1.29 is 4.79 Å². The Morgan fingerprint density at radius 1 is 1.00 bits per heavy atom. The summed E-state index contributed by atoms with van der Waals surface area (Å²) in [7, 11) is 0. The van der Waals surface area contributed by atoms with Crippen LogP contribution in [0.1, 0.15) is 30.4 Å². The lowest BCUT2D eigenvalue weighted by Gasteiger charge is -2.28. The second-order valence-corrected chi connectivity index (χ2v) is 7.21. The van der Waals surface area contributed by atoms with Gasteiger partial charge in [0.2, 0.25) is 5.91 Å². The van der Waals surface area contributed by atoms with Gasteiger partial charge in [-0.1, -0.05) is 40.2 Å². The summed E-state index contributed by atoms with van der Waals surface area (Å²) in [5.74, 6) is 0.0493. The molecule has 1 aliphatic heterocycles. The van der Waals surface area contributed by atoms with Crippen molar-refractivity contribution in [2.45, 2.75) is 32.2 Å². The van der Waals surface area contributed by atoms with Crippen LogP contribution in [0, 0.1) is 0 Å². The minimum Gasteiger partial charge on any atom is -0.372 e. The minimum atomic E-state index is 0.0493. The van der Waals surface area contributed by atoms with E-state index in [0.29, 0.717) is 13.0 Å². The van der Waals surface area contributed by atoms with Gasteiger partial charge in [-0.3, -0.25) is 4.79 Å². The number of carbonyl (C=O) groups is 1. The number of nitrogens with one attached hydrogen (secondary N) is 1. The van der Waals surface area contributed by atoms with Crippen LogP contribution in [0.4, 0.5) is 5.69 Å². The fourth-order valence-corrected chi connectivity index (χ4v) is 3.52. The molecule has 0 aliphatic carbocycles. The van der Waals surface area contributed by atoms with Gasteiger partial charge in [-0.2, -0.15) is 0 Å². The van der Waals surface area contributed by atoms with E-state index in [1.54, 1.807) is 0 Å². The normalized spacial score (nSPS) is 14.5. The average Bonchev–Trinajstić information content (AvgIpc) is 2.61. The maximum absolute atomic E-state index is 12.1. The fraction of sp³-hybridized carbons (Fsp3) is 0.350. The van der Waals surface area contributed by atoms with E-state index in [2.05, 4.69) is 50.4 Å². The van der Waals surface area contributed by atoms with Crippen molar-refractivity contribution in [1.82, 2.24) is 5.32 Å². The molecule has 0 spiro atoms. The van der Waals surface area contributed by atoms with Gasteiger partial charge < -0.3 is 10.2 Å². The van der Waals surface area contributed by atoms with Crippen molar-refractivity contribution >= 4 is 27.5 Å². The summed E-state index contributed by atoms with van der Waals surface area (Å²) in [5, 5.41) is 3.00. The number of anilines is 1. The highest BCUT2D eigenvalue weighted by molar-refractivity contribution is 9.10. The topological polar surface area (TPSA) is 32.3 Å². The van der Waals surface area contributed by atoms with Crippen molar-refractivity contribution in [2.24, 2.45) is 0 Å². The summed E-state index contributed by atoms with van der Waals surface area (Å²) in [4.78, 5) is 14.5. The van der Waals surface area contributed by atoms with Crippen molar-refractivity contribution in [1.29, 1.82) is 0 Å². The van der Waals surface area contributed by atoms with E-state index in [0.717, 1.165) is 28.7 Å². The molecule has 0 radical (unpaired) electrons. The van der Waals surface area contributed by atoms with Crippen LogP contribution in [0.2, 0.25) is 0 Å². The number of rotatable bonds is 5. The van der Waals surface area contributed by atoms with E-state index < -0.39 is 0 Å². The highest BCUT2D eigenvalue weighted by Gasteiger charge is 2.10. The van der Waals surface area contributed by atoms with Crippen molar-refractivity contribution in [3.05, 3.63) is 64.1 Å². The average molecular weight is 387 g/mol. The quantitative estimate of drug-likeness (QED) is 0.830. The van der Waals surface area contributed by atoms with Crippen LogP contribution in [0.5, 0.6) is 0 Å². The zero-order chi connectivity index (χ0) is 16.8. The molecule has 0 unspecified atom stereocenters. The maximum Gasteiger partial charge on any atom is 0.224 e. The van der Waals surface area contributed by atoms with E-state index in [4.69, 9.17) is 0 Å². The third kappa shape index (κ3) is 4.84. The number of benzene rings is 2. The molecule has 2 aromatic carbocycles. The molecule has 1 fully saturated rings. The largest absolute Gasteiger partial charge is 0.372 e. The zero-order valence-corrected chi connectivity index (χ0v) is 15.4. The molecule has 0 aromatic heterocycles. The number of halogens is 1. The van der Waals surface area contributed by atoms with Crippen LogP contribution < -0.4 is 10.2 Å². The molecule has 0 atom stereocenters. The summed E-state index contributed by atoms with van der Waals surface area (Å²) >= 11 is 3.43. The highest BCUT2D eigenvalue weighted by atomic mass is 79.9. The zero-order valence-electron chi connectivity index (χ0n) is 13.8. The van der Waals surface area contributed by atoms with Crippen molar-refractivity contribution in [3.63, 3.8) is 0 Å². The Morgan fingerprint density at radius 3 is 2.46 bits per heavy atom. The number of amides is 1. The van der Waals surface area contributed by atoms with Crippen molar-refractivity contribution in [2.75, 3.05) is 18.0 Å². The molecule has 0 saturated carbocycles. The Labute approximate surface area is 152 Å². The maximum atomic E-state index is 12.1. The molecular weight excluding hydrogens is 364 g/mol. The van der Waals surface area contributed by atoms with Gasteiger partial charge in [-0.25, -0.2) is 0 Å². The van der Waals surface area contributed by atoms with Crippen LogP contribution in [0.25, 0.3) is 0 Å². The van der Waals surface area contributed by atoms with E-state index >= 15 is 0 Å². The summed E-state index contributed by atoms with van der Waals surface area (Å²) in [6.07, 6.45) is 4.32. The summed E-state index contributed by atoms with van der Waals surface area (Å²) in [5.41, 5.74) is 3.44. The van der Waals surface area contributed by atoms with E-state index in [9.17, 15) is 4.79 Å². The Bertz CT molecular complexity index is 678. The van der Waals surface area contributed by atoms with Gasteiger partial charge in [0.1, 0.15) is 0 Å². The predicted octanol–water partition coefficient (Wildman–Crippen LogP) is 4.30. The molecule has 1 aliphatic rings. The molecule has 1 saturated heterocycles. The molecule has 0 bridgehead atoms. The molecule has 1 amide bonds. The summed E-state index contributed by atoms with van der Waals surface area (Å²) in [6.45, 7) is 2.89. The van der Waals surface area contributed by atoms with Gasteiger partial charge in [-0.15, -0.1) is 0 Å². The Kier molecular flexibility index (Phi) is 5.91. The molecule has 1 N–H and O–H groups in total. The number of nitrogens with zero attached hydrogens (tertiary/aromatic N) is 1. The van der Waals surface area contributed by atoms with Crippen LogP contribution in [0.3, 0.4) is 0 Å². The first-order valence-electron chi connectivity index (χ1n) is 8.56. The standard InChI is InChI=1S/C20H23BrN2O/c21-18-6-4-5-17(13-18)14-20(24)22-15-16-7-9-19(10-8-16)23-11-2-1-3-12-23/h4-10,13H,1-3,11-12,14-15H2,(H,22,24). The predicted molar refractivity (Wildman–Crippen MR) is 102 cm³/mol. The molecule has 24 heavy (non-hydrogen) atoms. The third-order valence-corrected chi connectivity index (χ3v) is 4.89. The van der Waals surface area contributed by atoms with Gasteiger partial charge in [-0.05, 0) is 54.7 Å². The third-order valence-electron chi connectivity index (χ3n) is 4.40. The molecule has 1 heterocycles. The second-order valence-electron chi connectivity index (χ2n) is 6.30. The molecule has 126 valence electrons. The van der Waals surface area contributed by atoms with Crippen LogP contribution in [-0.2, 0) is 17.8 Å². The van der Waals surface area contributed by atoms with Gasteiger partial charge in [0.15, 0.2) is 0 Å². The van der Waals surface area contributed by atoms with Crippen LogP contribution in [0.15, 0.2) is 53.0 Å². The lowest BCUT2D eigenvalue weighted by molar-refractivity contribution is -0.120. The smallest absolute Gasteiger partial charge is 0.224 e. The number of hydrogen-bond acceptors (Lipinski definition) is 2. The molecule has 3 rings (SSSR count). The molecule has 3 nitrogen and oxygen atoms in total. The molecule has 4 heteroatoms. The first-order chi connectivity index (χ1) is 11.7. The lowest BCUT2D eigenvalue weighted by Crippen LogP contribution is -2.29. The monoisotopic (exact) mass is 386 g/mol. The Balaban J connectivity index is 1.50. The summed E-state index contributed by atoms with van der Waals surface area (Å²) in [6, 6.07) is 16.4. The van der Waals surface area contributed by atoms with Crippen LogP contribution >= 0.6 is 15.9 Å². The van der Waals surface area contributed by atoms with Gasteiger partial charge in [0.25, 0.3) is 0 Å². The molecular formula is C20H23BrN2O. The first kappa shape index (κ1) is 17.0. The molecule has 2 aromatic rings. The Morgan fingerprint density at radius 2 is 1.75 bits per heavy atom. The number of hydrogen-bond donors (Lipinski definition) is 1. The van der Waals surface area contributed by atoms with Gasteiger partial charge >= 0.3 is 0 Å². The second kappa shape index (κ2) is 8.34. The van der Waals surface area contributed by atoms with E-state index in [1.807, 2.05) is 24.3 Å². The number of carbonyl (C=O) groups excluding carboxylic acids is 1. The highest BCUT2D eigenvalue weighted by Crippen LogP contribution is 2.20. The van der Waals surface area contributed by atoms with E-state index in [-0.39, 0.29) is 5.91 Å².